The highest BCUT2D eigenvalue weighted by atomic mass is 35.5. The summed E-state index contributed by atoms with van der Waals surface area (Å²) in [5.41, 5.74) is 0.946. The lowest BCUT2D eigenvalue weighted by Crippen LogP contribution is -1.96. The fraction of sp³-hybridized carbons (Fsp3) is 0.636. The number of hydrogen-bond acceptors (Lipinski definition) is 3. The van der Waals surface area contributed by atoms with Crippen molar-refractivity contribution in [2.45, 2.75) is 33.1 Å². The van der Waals surface area contributed by atoms with Crippen LogP contribution in [0.25, 0.3) is 0 Å². The van der Waals surface area contributed by atoms with Gasteiger partial charge in [-0.3, -0.25) is 4.57 Å². The molecule has 0 heterocycles. The fourth-order valence-electron chi connectivity index (χ4n) is 1.58. The topological polar surface area (TPSA) is 35.5 Å². The first-order valence-corrected chi connectivity index (χ1v) is 7.55. The van der Waals surface area contributed by atoms with E-state index in [4.69, 9.17) is 20.6 Å². The van der Waals surface area contributed by atoms with E-state index in [1.165, 1.54) is 0 Å². The lowest BCUT2D eigenvalue weighted by Gasteiger charge is -2.16. The van der Waals surface area contributed by atoms with E-state index >= 15 is 0 Å². The lowest BCUT2D eigenvalue weighted by atomic mass is 10.0. The van der Waals surface area contributed by atoms with Crippen molar-refractivity contribution < 1.29 is 13.6 Å². The highest BCUT2D eigenvalue weighted by Gasteiger charge is 2.21. The summed E-state index contributed by atoms with van der Waals surface area (Å²) >= 11 is 5.94. The van der Waals surface area contributed by atoms with Crippen LogP contribution in [0.4, 0.5) is 0 Å². The van der Waals surface area contributed by atoms with Crippen molar-refractivity contribution in [1.29, 1.82) is 0 Å². The monoisotopic (exact) mass is 264 g/mol. The molecule has 1 aliphatic rings. The summed E-state index contributed by atoms with van der Waals surface area (Å²) in [6.07, 6.45) is 4.61. The Morgan fingerprint density at radius 1 is 1.38 bits per heavy atom. The van der Waals surface area contributed by atoms with Crippen molar-refractivity contribution in [3.05, 3.63) is 22.5 Å². The summed E-state index contributed by atoms with van der Waals surface area (Å²) in [4.78, 5) is 0. The molecule has 3 nitrogen and oxygen atoms in total. The maximum Gasteiger partial charge on any atom is 0.354 e. The first-order chi connectivity index (χ1) is 7.59. The molecule has 16 heavy (non-hydrogen) atoms. The number of halogens is 1. The highest BCUT2D eigenvalue weighted by molar-refractivity contribution is 7.57. The van der Waals surface area contributed by atoms with Crippen LogP contribution >= 0.6 is 19.2 Å². The van der Waals surface area contributed by atoms with Crippen molar-refractivity contribution in [1.82, 2.24) is 0 Å². The summed E-state index contributed by atoms with van der Waals surface area (Å²) in [7, 11) is -3.08. The predicted octanol–water partition coefficient (Wildman–Crippen LogP) is 4.44. The number of hydrogen-bond donors (Lipinski definition) is 0. The molecule has 0 unspecified atom stereocenters. The molecule has 0 N–H and O–H groups in total. The summed E-state index contributed by atoms with van der Waals surface area (Å²) in [6.45, 7) is 4.35. The second-order valence-electron chi connectivity index (χ2n) is 3.52. The Labute approximate surface area is 102 Å². The van der Waals surface area contributed by atoms with Gasteiger partial charge in [0.15, 0.2) is 0 Å². The molecule has 0 atom stereocenters. The van der Waals surface area contributed by atoms with E-state index in [0.29, 0.717) is 13.2 Å². The van der Waals surface area contributed by atoms with Crippen molar-refractivity contribution in [2.24, 2.45) is 0 Å². The van der Waals surface area contributed by atoms with Gasteiger partial charge < -0.3 is 9.05 Å². The van der Waals surface area contributed by atoms with E-state index in [1.54, 1.807) is 19.7 Å². The van der Waals surface area contributed by atoms with Crippen LogP contribution in [0.1, 0.15) is 33.1 Å². The molecule has 0 bridgehead atoms. The molecule has 0 saturated heterocycles. The zero-order chi connectivity index (χ0) is 12.0. The van der Waals surface area contributed by atoms with Crippen LogP contribution < -0.4 is 0 Å². The normalized spacial score (nSPS) is 19.9. The lowest BCUT2D eigenvalue weighted by molar-refractivity contribution is 0.228. The zero-order valence-electron chi connectivity index (χ0n) is 9.74. The minimum absolute atomic E-state index is 0.374. The molecule has 0 radical (unpaired) electrons. The number of rotatable bonds is 5. The van der Waals surface area contributed by atoms with Crippen LogP contribution in [0.15, 0.2) is 22.5 Å². The van der Waals surface area contributed by atoms with E-state index in [9.17, 15) is 4.57 Å². The number of allylic oxidation sites excluding steroid dienone is 3. The van der Waals surface area contributed by atoms with Gasteiger partial charge in [0.05, 0.1) is 13.2 Å². The summed E-state index contributed by atoms with van der Waals surface area (Å²) in [5, 5.41) is 0.803. The zero-order valence-corrected chi connectivity index (χ0v) is 11.4. The maximum absolute atomic E-state index is 12.2. The van der Waals surface area contributed by atoms with Gasteiger partial charge in [0.1, 0.15) is 0 Å². The first kappa shape index (κ1) is 14.0. The Kier molecular flexibility index (Phi) is 5.77. The fourth-order valence-corrected chi connectivity index (χ4v) is 3.41. The van der Waals surface area contributed by atoms with Gasteiger partial charge in [-0.25, -0.2) is 0 Å². The van der Waals surface area contributed by atoms with Gasteiger partial charge >= 0.3 is 7.60 Å². The van der Waals surface area contributed by atoms with Gasteiger partial charge in [-0.1, -0.05) is 11.6 Å². The standard InChI is InChI=1S/C11H18ClO3P/c1-3-14-16(13,15-4-2)9-10-6-5-7-11(12)8-10/h8-9H,3-7H2,1-2H3/b10-9+. The molecule has 0 amide bonds. The quantitative estimate of drug-likeness (QED) is 0.689. The molecule has 0 spiro atoms. The molecule has 1 aliphatic carbocycles. The van der Waals surface area contributed by atoms with Gasteiger partial charge in [-0.15, -0.1) is 0 Å². The van der Waals surface area contributed by atoms with E-state index in [2.05, 4.69) is 0 Å². The SMILES string of the molecule is CCOP(=O)(/C=C1/C=C(Cl)CCC1)OCC. The van der Waals surface area contributed by atoms with Crippen molar-refractivity contribution in [3.8, 4) is 0 Å². The van der Waals surface area contributed by atoms with Gasteiger partial charge in [-0.2, -0.15) is 0 Å². The molecule has 0 aromatic heterocycles. The molecule has 92 valence electrons. The molecule has 0 aromatic rings. The van der Waals surface area contributed by atoms with Gasteiger partial charge in [0.2, 0.25) is 0 Å². The third-order valence-corrected chi connectivity index (χ3v) is 4.35. The molecule has 1 rings (SSSR count). The van der Waals surface area contributed by atoms with Crippen LogP contribution in [0.3, 0.4) is 0 Å². The average Bonchev–Trinajstić information content (AvgIpc) is 2.17. The van der Waals surface area contributed by atoms with E-state index < -0.39 is 7.60 Å². The third-order valence-electron chi connectivity index (χ3n) is 2.17. The van der Waals surface area contributed by atoms with Crippen molar-refractivity contribution in [2.75, 3.05) is 13.2 Å². The second kappa shape index (κ2) is 6.61. The van der Waals surface area contributed by atoms with E-state index in [-0.39, 0.29) is 0 Å². The minimum Gasteiger partial charge on any atom is -0.306 e. The Hall–Kier alpha value is -0.0800. The first-order valence-electron chi connectivity index (χ1n) is 5.56. The molecule has 0 saturated carbocycles. The van der Waals surface area contributed by atoms with Crippen LogP contribution in [0, 0.1) is 0 Å². The van der Waals surface area contributed by atoms with Crippen LogP contribution in [0.2, 0.25) is 0 Å². The van der Waals surface area contributed by atoms with E-state index in [0.717, 1.165) is 29.9 Å². The Balaban J connectivity index is 2.84. The Morgan fingerprint density at radius 2 is 2.00 bits per heavy atom. The minimum atomic E-state index is -3.08. The predicted molar refractivity (Wildman–Crippen MR) is 66.7 cm³/mol. The summed E-state index contributed by atoms with van der Waals surface area (Å²) < 4.78 is 22.6. The van der Waals surface area contributed by atoms with E-state index in [1.807, 2.05) is 6.08 Å². The summed E-state index contributed by atoms with van der Waals surface area (Å²) in [5.74, 6) is 1.60. The van der Waals surface area contributed by atoms with Gasteiger partial charge in [0.25, 0.3) is 0 Å². The highest BCUT2D eigenvalue weighted by Crippen LogP contribution is 2.51. The second-order valence-corrected chi connectivity index (χ2v) is 5.86. The third kappa shape index (κ3) is 4.42. The average molecular weight is 265 g/mol. The van der Waals surface area contributed by atoms with Gasteiger partial charge in [-0.05, 0) is 44.8 Å². The van der Waals surface area contributed by atoms with Crippen molar-refractivity contribution in [3.63, 3.8) is 0 Å². The maximum atomic E-state index is 12.2. The molecule has 5 heteroatoms. The van der Waals surface area contributed by atoms with Crippen LogP contribution in [-0.4, -0.2) is 13.2 Å². The molecular weight excluding hydrogens is 247 g/mol. The summed E-state index contributed by atoms with van der Waals surface area (Å²) in [6, 6.07) is 0. The Morgan fingerprint density at radius 3 is 2.50 bits per heavy atom. The van der Waals surface area contributed by atoms with Crippen molar-refractivity contribution >= 4 is 19.2 Å². The molecule has 0 aliphatic heterocycles. The molecule has 0 fully saturated rings. The Bertz CT molecular complexity index is 326. The van der Waals surface area contributed by atoms with Crippen LogP contribution in [-0.2, 0) is 13.6 Å². The van der Waals surface area contributed by atoms with Gasteiger partial charge in [0, 0.05) is 10.8 Å². The largest absolute Gasteiger partial charge is 0.354 e. The molecule has 0 aromatic carbocycles. The van der Waals surface area contributed by atoms with Crippen LogP contribution in [0.5, 0.6) is 0 Å². The molecular formula is C11H18ClO3P. The smallest absolute Gasteiger partial charge is 0.306 e.